The fourth-order valence-corrected chi connectivity index (χ4v) is 3.23. The summed E-state index contributed by atoms with van der Waals surface area (Å²) < 4.78 is 1.23. The summed E-state index contributed by atoms with van der Waals surface area (Å²) in [6.07, 6.45) is 5.91. The van der Waals surface area contributed by atoms with E-state index in [0.717, 1.165) is 12.3 Å². The molecule has 0 aliphatic carbocycles. The molecule has 0 saturated carbocycles. The van der Waals surface area contributed by atoms with Gasteiger partial charge >= 0.3 is 0 Å². The van der Waals surface area contributed by atoms with Crippen molar-refractivity contribution in [2.75, 3.05) is 16.7 Å². The first-order valence-corrected chi connectivity index (χ1v) is 7.38. The highest BCUT2D eigenvalue weighted by Crippen LogP contribution is 2.37. The van der Waals surface area contributed by atoms with Crippen molar-refractivity contribution in [3.05, 3.63) is 12.2 Å². The maximum Gasteiger partial charge on any atom is 0.0137 e. The summed E-state index contributed by atoms with van der Waals surface area (Å²) in [6, 6.07) is 0.544. The molecular weight excluding hydrogens is 305 g/mol. The molecule has 0 aromatic heterocycles. The Bertz CT molecular complexity index is 207. The van der Waals surface area contributed by atoms with Gasteiger partial charge in [0.05, 0.1) is 0 Å². The molecule has 1 nitrogen and oxygen atoms in total. The summed E-state index contributed by atoms with van der Waals surface area (Å²) in [5.74, 6) is 1.62. The molecule has 14 heavy (non-hydrogen) atoms. The Balaban J connectivity index is 2.83. The monoisotopic (exact) mass is 325 g/mol. The van der Waals surface area contributed by atoms with Gasteiger partial charge in [-0.2, -0.15) is 12.6 Å². The van der Waals surface area contributed by atoms with Crippen LogP contribution in [0.5, 0.6) is 0 Å². The molecule has 3 atom stereocenters. The summed E-state index contributed by atoms with van der Waals surface area (Å²) in [7, 11) is 0. The van der Waals surface area contributed by atoms with Gasteiger partial charge in [0.15, 0.2) is 0 Å². The quantitative estimate of drug-likeness (QED) is 0.352. The van der Waals surface area contributed by atoms with Crippen LogP contribution in [0.4, 0.5) is 0 Å². The largest absolute Gasteiger partial charge is 0.310 e. The maximum atomic E-state index is 4.53. The van der Waals surface area contributed by atoms with Gasteiger partial charge in [0.25, 0.3) is 0 Å². The molecule has 1 aliphatic rings. The highest BCUT2D eigenvalue weighted by molar-refractivity contribution is 14.1. The van der Waals surface area contributed by atoms with Gasteiger partial charge in [0.1, 0.15) is 0 Å². The molecule has 0 aromatic carbocycles. The zero-order chi connectivity index (χ0) is 10.6. The summed E-state index contributed by atoms with van der Waals surface area (Å²) in [6.45, 7) is 5.63. The van der Waals surface area contributed by atoms with E-state index in [0.29, 0.717) is 17.4 Å². The highest BCUT2D eigenvalue weighted by atomic mass is 127. The minimum atomic E-state index is 0.293. The Hall–Kier alpha value is 0.780. The second-order valence-electron chi connectivity index (χ2n) is 4.31. The number of thiol groups is 1. The molecule has 1 N–H and O–H groups in total. The van der Waals surface area contributed by atoms with E-state index in [1.165, 1.54) is 10.8 Å². The zero-order valence-electron chi connectivity index (χ0n) is 8.96. The maximum absolute atomic E-state index is 4.53. The van der Waals surface area contributed by atoms with Crippen molar-refractivity contribution in [3.8, 4) is 0 Å². The first-order chi connectivity index (χ1) is 6.65. The molecular formula is C11H20INS. The van der Waals surface area contributed by atoms with Crippen molar-refractivity contribution in [2.45, 2.75) is 26.3 Å². The third-order valence-corrected chi connectivity index (χ3v) is 4.81. The van der Waals surface area contributed by atoms with Crippen LogP contribution in [0.25, 0.3) is 0 Å². The van der Waals surface area contributed by atoms with E-state index in [4.69, 9.17) is 0 Å². The van der Waals surface area contributed by atoms with Crippen molar-refractivity contribution < 1.29 is 0 Å². The summed E-state index contributed by atoms with van der Waals surface area (Å²) in [5.41, 5.74) is 0.293. The smallest absolute Gasteiger partial charge is 0.0137 e. The molecule has 1 heterocycles. The molecule has 3 unspecified atom stereocenters. The molecule has 82 valence electrons. The zero-order valence-corrected chi connectivity index (χ0v) is 12.0. The summed E-state index contributed by atoms with van der Waals surface area (Å²) >= 11 is 7.00. The first kappa shape index (κ1) is 12.8. The van der Waals surface area contributed by atoms with Crippen molar-refractivity contribution in [3.63, 3.8) is 0 Å². The number of hydrogen-bond donors (Lipinski definition) is 2. The van der Waals surface area contributed by atoms with Gasteiger partial charge in [0, 0.05) is 17.0 Å². The van der Waals surface area contributed by atoms with Gasteiger partial charge in [0.2, 0.25) is 0 Å². The molecule has 3 heteroatoms. The Morgan fingerprint density at radius 3 is 2.93 bits per heavy atom. The first-order valence-electron chi connectivity index (χ1n) is 5.22. The van der Waals surface area contributed by atoms with Crippen LogP contribution in [-0.4, -0.2) is 22.8 Å². The third kappa shape index (κ3) is 2.67. The Morgan fingerprint density at radius 2 is 2.36 bits per heavy atom. The minimum absolute atomic E-state index is 0.293. The second kappa shape index (κ2) is 5.75. The number of nitrogens with one attached hydrogen (secondary N) is 1. The molecule has 0 aromatic rings. The molecule has 1 aliphatic heterocycles. The summed E-state index contributed by atoms with van der Waals surface area (Å²) in [4.78, 5) is 0. The number of allylic oxidation sites excluding steroid dienone is 1. The van der Waals surface area contributed by atoms with Gasteiger partial charge in [-0.25, -0.2) is 0 Å². The van der Waals surface area contributed by atoms with Crippen LogP contribution in [0.15, 0.2) is 12.2 Å². The Morgan fingerprint density at radius 1 is 1.64 bits per heavy atom. The Kier molecular flexibility index (Phi) is 5.28. The lowest BCUT2D eigenvalue weighted by molar-refractivity contribution is 0.198. The second-order valence-corrected chi connectivity index (χ2v) is 5.70. The number of hydrogen-bond acceptors (Lipinski definition) is 2. The van der Waals surface area contributed by atoms with Gasteiger partial charge in [-0.3, -0.25) is 0 Å². The molecule has 0 fully saturated rings. The SMILES string of the molecule is CC1NCC=CC(CCI)C1(C)CS. The van der Waals surface area contributed by atoms with Crippen molar-refractivity contribution in [2.24, 2.45) is 11.3 Å². The van der Waals surface area contributed by atoms with Crippen LogP contribution in [0, 0.1) is 11.3 Å². The Labute approximate surface area is 107 Å². The highest BCUT2D eigenvalue weighted by Gasteiger charge is 2.37. The fourth-order valence-electron chi connectivity index (χ4n) is 2.05. The van der Waals surface area contributed by atoms with E-state index in [1.54, 1.807) is 0 Å². The fraction of sp³-hybridized carbons (Fsp3) is 0.818. The number of halogens is 1. The van der Waals surface area contributed by atoms with Gasteiger partial charge in [-0.15, -0.1) is 0 Å². The lowest BCUT2D eigenvalue weighted by Crippen LogP contribution is -2.45. The minimum Gasteiger partial charge on any atom is -0.310 e. The van der Waals surface area contributed by atoms with Crippen LogP contribution >= 0.6 is 35.2 Å². The van der Waals surface area contributed by atoms with Gasteiger partial charge < -0.3 is 5.32 Å². The van der Waals surface area contributed by atoms with Crippen molar-refractivity contribution >= 4 is 35.2 Å². The van der Waals surface area contributed by atoms with E-state index in [9.17, 15) is 0 Å². The van der Waals surface area contributed by atoms with Crippen LogP contribution in [0.3, 0.4) is 0 Å². The van der Waals surface area contributed by atoms with Crippen molar-refractivity contribution in [1.29, 1.82) is 0 Å². The molecule has 1 rings (SSSR count). The lowest BCUT2D eigenvalue weighted by atomic mass is 9.72. The molecule has 0 saturated heterocycles. The van der Waals surface area contributed by atoms with E-state index in [1.807, 2.05) is 0 Å². The van der Waals surface area contributed by atoms with Crippen LogP contribution < -0.4 is 5.32 Å². The van der Waals surface area contributed by atoms with Crippen LogP contribution in [-0.2, 0) is 0 Å². The standard InChI is InChI=1S/C11H20INS/c1-9-11(2,8-14)10(5-6-12)4-3-7-13-9/h3-4,9-10,13-14H,5-8H2,1-2H3. The average Bonchev–Trinajstić information content (AvgIpc) is 2.32. The number of rotatable bonds is 3. The van der Waals surface area contributed by atoms with Crippen LogP contribution in [0.2, 0.25) is 0 Å². The normalized spacial score (nSPS) is 38.3. The van der Waals surface area contributed by atoms with Gasteiger partial charge in [-0.1, -0.05) is 41.7 Å². The van der Waals surface area contributed by atoms with E-state index < -0.39 is 0 Å². The van der Waals surface area contributed by atoms with Crippen molar-refractivity contribution in [1.82, 2.24) is 5.32 Å². The predicted molar refractivity (Wildman–Crippen MR) is 75.6 cm³/mol. The topological polar surface area (TPSA) is 12.0 Å². The van der Waals surface area contributed by atoms with E-state index >= 15 is 0 Å². The third-order valence-electron chi connectivity index (χ3n) is 3.51. The number of alkyl halides is 1. The molecule has 0 spiro atoms. The lowest BCUT2D eigenvalue weighted by Gasteiger charge is -2.39. The van der Waals surface area contributed by atoms with Crippen LogP contribution in [0.1, 0.15) is 20.3 Å². The van der Waals surface area contributed by atoms with Gasteiger partial charge in [-0.05, 0) is 30.4 Å². The van der Waals surface area contributed by atoms with E-state index in [2.05, 4.69) is 66.5 Å². The molecule has 0 amide bonds. The molecule has 0 radical (unpaired) electrons. The summed E-state index contributed by atoms with van der Waals surface area (Å²) in [5, 5.41) is 3.54. The van der Waals surface area contributed by atoms with E-state index in [-0.39, 0.29) is 0 Å². The molecule has 0 bridgehead atoms. The average molecular weight is 325 g/mol. The predicted octanol–water partition coefficient (Wildman–Crippen LogP) is 2.91.